The maximum atomic E-state index is 12.7. The highest BCUT2D eigenvalue weighted by Crippen LogP contribution is 2.30. The van der Waals surface area contributed by atoms with Crippen LogP contribution in [0.15, 0.2) is 51.8 Å². The molecule has 2 aromatic rings. The Hall–Kier alpha value is -1.37. The van der Waals surface area contributed by atoms with Crippen LogP contribution < -0.4 is 4.74 Å². The zero-order valence-corrected chi connectivity index (χ0v) is 14.5. The molecule has 0 aliphatic carbocycles. The lowest BCUT2D eigenvalue weighted by molar-refractivity contribution is 0.395. The second kappa shape index (κ2) is 6.02. The van der Waals surface area contributed by atoms with Gasteiger partial charge in [-0.05, 0) is 47.9 Å². The quantitative estimate of drug-likeness (QED) is 0.819. The fourth-order valence-electron chi connectivity index (χ4n) is 2.60. The van der Waals surface area contributed by atoms with E-state index in [0.29, 0.717) is 18.0 Å². The summed E-state index contributed by atoms with van der Waals surface area (Å²) < 4.78 is 33.0. The van der Waals surface area contributed by atoms with Crippen molar-refractivity contribution in [2.75, 3.05) is 13.7 Å². The first-order chi connectivity index (χ1) is 10.5. The van der Waals surface area contributed by atoms with Crippen LogP contribution in [0.2, 0.25) is 0 Å². The van der Waals surface area contributed by atoms with Crippen LogP contribution in [0.1, 0.15) is 11.1 Å². The van der Waals surface area contributed by atoms with Gasteiger partial charge in [-0.15, -0.1) is 0 Å². The van der Waals surface area contributed by atoms with Crippen molar-refractivity contribution in [2.45, 2.75) is 17.9 Å². The van der Waals surface area contributed by atoms with Gasteiger partial charge in [-0.3, -0.25) is 0 Å². The van der Waals surface area contributed by atoms with E-state index in [1.165, 1.54) is 4.31 Å². The van der Waals surface area contributed by atoms with Crippen molar-refractivity contribution in [3.8, 4) is 5.75 Å². The largest absolute Gasteiger partial charge is 0.497 e. The predicted molar refractivity (Wildman–Crippen MR) is 88.4 cm³/mol. The number of methoxy groups -OCH3 is 1. The Morgan fingerprint density at radius 1 is 1.18 bits per heavy atom. The van der Waals surface area contributed by atoms with Gasteiger partial charge in [-0.1, -0.05) is 28.1 Å². The van der Waals surface area contributed by atoms with Crippen LogP contribution in [0.3, 0.4) is 0 Å². The van der Waals surface area contributed by atoms with Crippen molar-refractivity contribution in [1.29, 1.82) is 0 Å². The molecule has 0 saturated heterocycles. The van der Waals surface area contributed by atoms with E-state index < -0.39 is 10.0 Å². The Labute approximate surface area is 138 Å². The summed E-state index contributed by atoms with van der Waals surface area (Å²) in [6.07, 6.45) is 0.726. The highest BCUT2D eigenvalue weighted by Gasteiger charge is 2.31. The van der Waals surface area contributed by atoms with Gasteiger partial charge >= 0.3 is 0 Å². The van der Waals surface area contributed by atoms with E-state index >= 15 is 0 Å². The molecule has 0 N–H and O–H groups in total. The molecule has 0 fully saturated rings. The van der Waals surface area contributed by atoms with E-state index in [9.17, 15) is 8.42 Å². The number of halogens is 1. The first-order valence-corrected chi connectivity index (χ1v) is 9.15. The fourth-order valence-corrected chi connectivity index (χ4v) is 4.67. The molecule has 1 heterocycles. The lowest BCUT2D eigenvalue weighted by Gasteiger charge is -2.28. The highest BCUT2D eigenvalue weighted by atomic mass is 79.9. The topological polar surface area (TPSA) is 46.6 Å². The molecule has 0 bridgehead atoms. The van der Waals surface area contributed by atoms with Crippen LogP contribution in [-0.4, -0.2) is 26.4 Å². The SMILES string of the molecule is COc1ccc(CN2CCc3cc(Br)ccc3S2(=O)=O)cc1. The van der Waals surface area contributed by atoms with E-state index in [1.54, 1.807) is 19.2 Å². The second-order valence-electron chi connectivity index (χ2n) is 5.19. The zero-order chi connectivity index (χ0) is 15.7. The Morgan fingerprint density at radius 3 is 2.59 bits per heavy atom. The summed E-state index contributed by atoms with van der Waals surface area (Å²) in [4.78, 5) is 0.412. The van der Waals surface area contributed by atoms with Crippen molar-refractivity contribution in [2.24, 2.45) is 0 Å². The van der Waals surface area contributed by atoms with Crippen molar-refractivity contribution in [3.63, 3.8) is 0 Å². The number of rotatable bonds is 3. The summed E-state index contributed by atoms with van der Waals surface area (Å²) in [5, 5.41) is 0. The molecule has 0 amide bonds. The Kier molecular flexibility index (Phi) is 4.25. The standard InChI is InChI=1S/C16H16BrNO3S/c1-21-15-5-2-12(3-6-15)11-18-9-8-13-10-14(17)4-7-16(13)22(18,19)20/h2-7,10H,8-9,11H2,1H3. The molecule has 0 radical (unpaired) electrons. The molecule has 6 heteroatoms. The maximum Gasteiger partial charge on any atom is 0.243 e. The molecule has 1 aliphatic heterocycles. The maximum absolute atomic E-state index is 12.7. The summed E-state index contributed by atoms with van der Waals surface area (Å²) in [5.74, 6) is 0.764. The van der Waals surface area contributed by atoms with Crippen molar-refractivity contribution < 1.29 is 13.2 Å². The van der Waals surface area contributed by atoms with E-state index in [2.05, 4.69) is 15.9 Å². The summed E-state index contributed by atoms with van der Waals surface area (Å²) in [6.45, 7) is 0.875. The van der Waals surface area contributed by atoms with E-state index in [0.717, 1.165) is 27.8 Å². The Morgan fingerprint density at radius 2 is 1.91 bits per heavy atom. The first-order valence-electron chi connectivity index (χ1n) is 6.92. The molecule has 3 rings (SSSR count). The molecule has 0 saturated carbocycles. The van der Waals surface area contributed by atoms with E-state index in [4.69, 9.17) is 4.74 Å². The van der Waals surface area contributed by atoms with Gasteiger partial charge in [-0.2, -0.15) is 4.31 Å². The van der Waals surface area contributed by atoms with Crippen molar-refractivity contribution >= 4 is 26.0 Å². The van der Waals surface area contributed by atoms with Gasteiger partial charge in [-0.25, -0.2) is 8.42 Å². The molecule has 0 aromatic heterocycles. The van der Waals surface area contributed by atoms with E-state index in [1.807, 2.05) is 30.3 Å². The third-order valence-electron chi connectivity index (χ3n) is 3.79. The third-order valence-corrected chi connectivity index (χ3v) is 6.23. The smallest absolute Gasteiger partial charge is 0.243 e. The number of ether oxygens (including phenoxy) is 1. The summed E-state index contributed by atoms with van der Waals surface area (Å²) in [5.41, 5.74) is 1.82. The summed E-state index contributed by atoms with van der Waals surface area (Å²) in [6, 6.07) is 12.8. The first kappa shape index (κ1) is 15.5. The molecule has 116 valence electrons. The van der Waals surface area contributed by atoms with Crippen LogP contribution in [0.25, 0.3) is 0 Å². The van der Waals surface area contributed by atoms with Crippen LogP contribution >= 0.6 is 15.9 Å². The van der Waals surface area contributed by atoms with Crippen LogP contribution in [-0.2, 0) is 23.0 Å². The molecule has 4 nitrogen and oxygen atoms in total. The number of sulfonamides is 1. The molecule has 22 heavy (non-hydrogen) atoms. The normalized spacial score (nSPS) is 17.0. The predicted octanol–water partition coefficient (Wildman–Crippen LogP) is 3.20. The third kappa shape index (κ3) is 2.91. The Bertz CT molecular complexity index is 788. The van der Waals surface area contributed by atoms with Gasteiger partial charge in [0.05, 0.1) is 12.0 Å². The number of nitrogens with zero attached hydrogens (tertiary/aromatic N) is 1. The molecule has 0 unspecified atom stereocenters. The van der Waals surface area contributed by atoms with Gasteiger partial charge < -0.3 is 4.74 Å². The molecule has 0 spiro atoms. The molecular weight excluding hydrogens is 366 g/mol. The minimum atomic E-state index is -3.43. The van der Waals surface area contributed by atoms with Gasteiger partial charge in [0.1, 0.15) is 5.75 Å². The van der Waals surface area contributed by atoms with Crippen LogP contribution in [0, 0.1) is 0 Å². The number of hydrogen-bond acceptors (Lipinski definition) is 3. The minimum Gasteiger partial charge on any atom is -0.497 e. The summed E-state index contributed by atoms with van der Waals surface area (Å²) in [7, 11) is -1.82. The van der Waals surface area contributed by atoms with Gasteiger partial charge in [0.2, 0.25) is 10.0 Å². The minimum absolute atomic E-state index is 0.377. The number of hydrogen-bond donors (Lipinski definition) is 0. The number of fused-ring (bicyclic) bond motifs is 1. The average Bonchev–Trinajstić information content (AvgIpc) is 2.50. The van der Waals surface area contributed by atoms with Gasteiger partial charge in [0, 0.05) is 17.6 Å². The van der Waals surface area contributed by atoms with Crippen molar-refractivity contribution in [1.82, 2.24) is 4.31 Å². The second-order valence-corrected chi connectivity index (χ2v) is 8.01. The highest BCUT2D eigenvalue weighted by molar-refractivity contribution is 9.10. The molecular formula is C16H16BrNO3S. The molecule has 0 atom stereocenters. The molecule has 2 aromatic carbocycles. The lowest BCUT2D eigenvalue weighted by atomic mass is 10.1. The van der Waals surface area contributed by atoms with Crippen molar-refractivity contribution in [3.05, 3.63) is 58.1 Å². The monoisotopic (exact) mass is 381 g/mol. The summed E-state index contributed by atoms with van der Waals surface area (Å²) >= 11 is 3.39. The van der Waals surface area contributed by atoms with Gasteiger partial charge in [0.25, 0.3) is 0 Å². The zero-order valence-electron chi connectivity index (χ0n) is 12.1. The lowest BCUT2D eigenvalue weighted by Crippen LogP contribution is -2.36. The molecule has 1 aliphatic rings. The van der Waals surface area contributed by atoms with Gasteiger partial charge in [0.15, 0.2) is 0 Å². The van der Waals surface area contributed by atoms with Crippen LogP contribution in [0.4, 0.5) is 0 Å². The number of benzene rings is 2. The average molecular weight is 382 g/mol. The fraction of sp³-hybridized carbons (Fsp3) is 0.250. The van der Waals surface area contributed by atoms with E-state index in [-0.39, 0.29) is 0 Å². The Balaban J connectivity index is 1.88. The van der Waals surface area contributed by atoms with Crippen LogP contribution in [0.5, 0.6) is 5.75 Å².